The second-order valence-corrected chi connectivity index (χ2v) is 6.97. The molecular formula is C21H27N3O2. The molecule has 3 N–H and O–H groups in total. The van der Waals surface area contributed by atoms with Crippen molar-refractivity contribution in [3.63, 3.8) is 0 Å². The Bertz CT molecular complexity index is 693. The van der Waals surface area contributed by atoms with Gasteiger partial charge in [0.25, 0.3) is 0 Å². The van der Waals surface area contributed by atoms with Gasteiger partial charge in [-0.25, -0.2) is 4.79 Å². The van der Waals surface area contributed by atoms with Crippen LogP contribution in [-0.2, 0) is 6.54 Å². The predicted octanol–water partition coefficient (Wildman–Crippen LogP) is 2.68. The highest BCUT2D eigenvalue weighted by Gasteiger charge is 2.25. The number of likely N-dealkylation sites (tertiary alicyclic amines) is 1. The van der Waals surface area contributed by atoms with Crippen LogP contribution in [0.2, 0.25) is 0 Å². The van der Waals surface area contributed by atoms with Crippen molar-refractivity contribution >= 4 is 6.03 Å². The first-order valence-corrected chi connectivity index (χ1v) is 9.18. The van der Waals surface area contributed by atoms with Crippen molar-refractivity contribution in [2.75, 3.05) is 13.1 Å². The predicted molar refractivity (Wildman–Crippen MR) is 103 cm³/mol. The summed E-state index contributed by atoms with van der Waals surface area (Å²) in [6.07, 6.45) is 0.218. The molecule has 0 unspecified atom stereocenters. The van der Waals surface area contributed by atoms with E-state index in [0.29, 0.717) is 0 Å². The quantitative estimate of drug-likeness (QED) is 0.748. The molecule has 1 fully saturated rings. The van der Waals surface area contributed by atoms with Gasteiger partial charge in [0.05, 0.1) is 12.1 Å². The number of hydrogen-bond acceptors (Lipinski definition) is 3. The number of carbonyl (C=O) groups excluding carboxylic acids is 1. The zero-order valence-corrected chi connectivity index (χ0v) is 15.1. The van der Waals surface area contributed by atoms with Crippen molar-refractivity contribution in [1.82, 2.24) is 15.5 Å². The van der Waals surface area contributed by atoms with Gasteiger partial charge < -0.3 is 15.7 Å². The summed E-state index contributed by atoms with van der Waals surface area (Å²) in [6.45, 7) is 4.54. The fraction of sp³-hybridized carbons (Fsp3) is 0.381. The molecule has 2 amide bonds. The van der Waals surface area contributed by atoms with Gasteiger partial charge in [-0.1, -0.05) is 60.7 Å². The molecule has 0 radical (unpaired) electrons. The molecule has 1 aliphatic heterocycles. The van der Waals surface area contributed by atoms with Crippen LogP contribution in [0.15, 0.2) is 60.7 Å². The maximum atomic E-state index is 12.3. The van der Waals surface area contributed by atoms with E-state index < -0.39 is 6.10 Å². The molecule has 1 heterocycles. The van der Waals surface area contributed by atoms with E-state index in [0.717, 1.165) is 31.6 Å². The van der Waals surface area contributed by atoms with Crippen molar-refractivity contribution in [2.45, 2.75) is 38.1 Å². The molecule has 26 heavy (non-hydrogen) atoms. The monoisotopic (exact) mass is 353 g/mol. The van der Waals surface area contributed by atoms with Crippen molar-refractivity contribution in [1.29, 1.82) is 0 Å². The molecule has 2 aromatic rings. The molecule has 3 atom stereocenters. The van der Waals surface area contributed by atoms with Crippen LogP contribution in [0.4, 0.5) is 4.79 Å². The van der Waals surface area contributed by atoms with Gasteiger partial charge in [0.1, 0.15) is 0 Å². The highest BCUT2D eigenvalue weighted by atomic mass is 16.3. The van der Waals surface area contributed by atoms with Gasteiger partial charge in [-0.15, -0.1) is 0 Å². The van der Waals surface area contributed by atoms with Gasteiger partial charge >= 0.3 is 6.03 Å². The van der Waals surface area contributed by atoms with Gasteiger partial charge in [-0.2, -0.15) is 0 Å². The van der Waals surface area contributed by atoms with Gasteiger partial charge in [0, 0.05) is 25.7 Å². The number of urea groups is 1. The van der Waals surface area contributed by atoms with E-state index in [-0.39, 0.29) is 18.1 Å². The lowest BCUT2D eigenvalue weighted by molar-refractivity contribution is 0.137. The van der Waals surface area contributed by atoms with Gasteiger partial charge in [0.15, 0.2) is 0 Å². The summed E-state index contributed by atoms with van der Waals surface area (Å²) in [6, 6.07) is 19.3. The summed E-state index contributed by atoms with van der Waals surface area (Å²) >= 11 is 0. The van der Waals surface area contributed by atoms with Crippen LogP contribution in [0.3, 0.4) is 0 Å². The molecule has 0 spiro atoms. The number of aliphatic hydroxyl groups excluding tert-OH is 1. The van der Waals surface area contributed by atoms with E-state index in [9.17, 15) is 9.90 Å². The maximum absolute atomic E-state index is 12.3. The normalized spacial score (nSPS) is 19.7. The SMILES string of the molecule is C[C@H](NC(=O)N[C@H]1CCN(Cc2ccccc2)C1)[C@H](O)c1ccccc1. The minimum absolute atomic E-state index is 0.139. The lowest BCUT2D eigenvalue weighted by atomic mass is 10.0. The zero-order valence-electron chi connectivity index (χ0n) is 15.1. The third-order valence-electron chi connectivity index (χ3n) is 4.83. The Kier molecular flexibility index (Phi) is 6.26. The standard InChI is InChI=1S/C21H27N3O2/c1-16(20(25)18-10-6-3-7-11-18)22-21(26)23-19-12-13-24(15-19)14-17-8-4-2-5-9-17/h2-11,16,19-20,25H,12-15H2,1H3,(H2,22,23,26)/t16-,19-,20-/m0/s1. The maximum Gasteiger partial charge on any atom is 0.315 e. The second kappa shape index (κ2) is 8.83. The van der Waals surface area contributed by atoms with Gasteiger partial charge in [-0.05, 0) is 24.5 Å². The van der Waals surface area contributed by atoms with E-state index in [2.05, 4.69) is 27.7 Å². The first kappa shape index (κ1) is 18.4. The average Bonchev–Trinajstić information content (AvgIpc) is 3.09. The number of hydrogen-bond donors (Lipinski definition) is 3. The molecule has 1 saturated heterocycles. The number of rotatable bonds is 6. The topological polar surface area (TPSA) is 64.6 Å². The molecule has 0 aliphatic carbocycles. The van der Waals surface area contributed by atoms with Crippen molar-refractivity contribution in [3.05, 3.63) is 71.8 Å². The van der Waals surface area contributed by atoms with E-state index in [1.807, 2.05) is 55.5 Å². The number of nitrogens with zero attached hydrogens (tertiary/aromatic N) is 1. The Morgan fingerprint density at radius 2 is 1.81 bits per heavy atom. The highest BCUT2D eigenvalue weighted by Crippen LogP contribution is 2.16. The molecular weight excluding hydrogens is 326 g/mol. The number of aliphatic hydroxyl groups is 1. The Morgan fingerprint density at radius 3 is 2.50 bits per heavy atom. The van der Waals surface area contributed by atoms with Crippen LogP contribution < -0.4 is 10.6 Å². The zero-order chi connectivity index (χ0) is 18.4. The third-order valence-corrected chi connectivity index (χ3v) is 4.83. The molecule has 2 aromatic carbocycles. The van der Waals surface area contributed by atoms with E-state index in [4.69, 9.17) is 0 Å². The molecule has 0 aromatic heterocycles. The van der Waals surface area contributed by atoms with Crippen LogP contribution in [0.25, 0.3) is 0 Å². The van der Waals surface area contributed by atoms with Gasteiger partial charge in [0.2, 0.25) is 0 Å². The first-order chi connectivity index (χ1) is 12.6. The van der Waals surface area contributed by atoms with E-state index >= 15 is 0 Å². The molecule has 5 heteroatoms. The van der Waals surface area contributed by atoms with Gasteiger partial charge in [-0.3, -0.25) is 4.90 Å². The summed E-state index contributed by atoms with van der Waals surface area (Å²) in [4.78, 5) is 14.6. The van der Waals surface area contributed by atoms with Crippen molar-refractivity contribution in [2.24, 2.45) is 0 Å². The summed E-state index contributed by atoms with van der Waals surface area (Å²) in [5, 5.41) is 16.2. The summed E-state index contributed by atoms with van der Waals surface area (Å²) in [5.74, 6) is 0. The Hall–Kier alpha value is -2.37. The third kappa shape index (κ3) is 5.07. The molecule has 0 bridgehead atoms. The fourth-order valence-electron chi connectivity index (χ4n) is 3.39. The second-order valence-electron chi connectivity index (χ2n) is 6.97. The van der Waals surface area contributed by atoms with Crippen molar-refractivity contribution < 1.29 is 9.90 Å². The molecule has 1 aliphatic rings. The summed E-state index contributed by atoms with van der Waals surface area (Å²) in [7, 11) is 0. The summed E-state index contributed by atoms with van der Waals surface area (Å²) < 4.78 is 0. The minimum Gasteiger partial charge on any atom is -0.386 e. The van der Waals surface area contributed by atoms with Crippen LogP contribution >= 0.6 is 0 Å². The van der Waals surface area contributed by atoms with Crippen LogP contribution in [0, 0.1) is 0 Å². The fourth-order valence-corrected chi connectivity index (χ4v) is 3.39. The highest BCUT2D eigenvalue weighted by molar-refractivity contribution is 5.74. The lowest BCUT2D eigenvalue weighted by Crippen LogP contribution is -2.47. The smallest absolute Gasteiger partial charge is 0.315 e. The average molecular weight is 353 g/mol. The van der Waals surface area contributed by atoms with E-state index in [1.54, 1.807) is 0 Å². The van der Waals surface area contributed by atoms with Crippen LogP contribution in [0.5, 0.6) is 0 Å². The minimum atomic E-state index is -0.722. The lowest BCUT2D eigenvalue weighted by Gasteiger charge is -2.22. The Labute approximate surface area is 155 Å². The molecule has 0 saturated carbocycles. The largest absolute Gasteiger partial charge is 0.386 e. The Morgan fingerprint density at radius 1 is 1.15 bits per heavy atom. The van der Waals surface area contributed by atoms with Crippen molar-refractivity contribution in [3.8, 4) is 0 Å². The number of carbonyl (C=O) groups is 1. The van der Waals surface area contributed by atoms with Crippen LogP contribution in [0.1, 0.15) is 30.6 Å². The summed E-state index contributed by atoms with van der Waals surface area (Å²) in [5.41, 5.74) is 2.09. The first-order valence-electron chi connectivity index (χ1n) is 9.18. The number of benzene rings is 2. The Balaban J connectivity index is 1.44. The van der Waals surface area contributed by atoms with E-state index in [1.165, 1.54) is 5.56 Å². The molecule has 3 rings (SSSR count). The molecule has 5 nitrogen and oxygen atoms in total. The van der Waals surface area contributed by atoms with Crippen LogP contribution in [-0.4, -0.2) is 41.2 Å². The number of nitrogens with one attached hydrogen (secondary N) is 2. The molecule has 138 valence electrons. The number of amides is 2.